The predicted molar refractivity (Wildman–Crippen MR) is 107 cm³/mol. The number of hydrogen-bond donors (Lipinski definition) is 1. The van der Waals surface area contributed by atoms with Gasteiger partial charge in [-0.3, -0.25) is 4.90 Å². The second kappa shape index (κ2) is 12.6. The van der Waals surface area contributed by atoms with Gasteiger partial charge in [0.15, 0.2) is 0 Å². The number of rotatable bonds is 11. The second-order valence-corrected chi connectivity index (χ2v) is 7.70. The van der Waals surface area contributed by atoms with Crippen LogP contribution in [0.25, 0.3) is 0 Å². The lowest BCUT2D eigenvalue weighted by Crippen LogP contribution is -3.00. The summed E-state index contributed by atoms with van der Waals surface area (Å²) in [5.74, 6) is 5.88. The van der Waals surface area contributed by atoms with E-state index >= 15 is 0 Å². The summed E-state index contributed by atoms with van der Waals surface area (Å²) in [6.45, 7) is 3.32. The molecule has 0 aromatic heterocycles. The summed E-state index contributed by atoms with van der Waals surface area (Å²) in [6.07, 6.45) is 0.746. The molecule has 1 atom stereocenters. The summed E-state index contributed by atoms with van der Waals surface area (Å²) in [7, 11) is 10.1. The summed E-state index contributed by atoms with van der Waals surface area (Å²) in [5.41, 5.74) is 2.32. The number of benzene rings is 1. The van der Waals surface area contributed by atoms with Crippen molar-refractivity contribution in [2.75, 3.05) is 55.1 Å². The highest BCUT2D eigenvalue weighted by Crippen LogP contribution is 2.23. The van der Waals surface area contributed by atoms with Gasteiger partial charge in [0, 0.05) is 11.6 Å². The average Bonchev–Trinajstić information content (AvgIpc) is 2.57. The van der Waals surface area contributed by atoms with Gasteiger partial charge < -0.3 is 31.5 Å². The van der Waals surface area contributed by atoms with Gasteiger partial charge in [0.05, 0.1) is 41.4 Å². The van der Waals surface area contributed by atoms with E-state index in [0.717, 1.165) is 28.8 Å². The number of carboxylic acid groups (broad SMARTS) is 1. The van der Waals surface area contributed by atoms with Crippen molar-refractivity contribution >= 4 is 5.97 Å². The van der Waals surface area contributed by atoms with E-state index in [0.29, 0.717) is 13.2 Å². The number of methoxy groups -OCH3 is 1. The Labute approximate surface area is 175 Å². The SMILES string of the molecule is CC#CCN(C)[C@H](COCC(=O)O)Cc1ccc(OC)c(C[N+](C)(C)C)c1.[Cl-]. The largest absolute Gasteiger partial charge is 1.00 e. The van der Waals surface area contributed by atoms with Crippen molar-refractivity contribution in [3.63, 3.8) is 0 Å². The van der Waals surface area contributed by atoms with E-state index in [4.69, 9.17) is 14.6 Å². The lowest BCUT2D eigenvalue weighted by atomic mass is 10.0. The lowest BCUT2D eigenvalue weighted by Gasteiger charge is -2.27. The molecule has 1 aromatic rings. The van der Waals surface area contributed by atoms with Crippen LogP contribution in [0.1, 0.15) is 18.1 Å². The van der Waals surface area contributed by atoms with E-state index in [2.05, 4.69) is 50.0 Å². The molecule has 0 unspecified atom stereocenters. The highest BCUT2D eigenvalue weighted by Gasteiger charge is 2.19. The molecule has 158 valence electrons. The molecule has 0 heterocycles. The van der Waals surface area contributed by atoms with E-state index < -0.39 is 5.97 Å². The van der Waals surface area contributed by atoms with Crippen molar-refractivity contribution in [3.8, 4) is 17.6 Å². The Morgan fingerprint density at radius 3 is 2.54 bits per heavy atom. The molecule has 1 aromatic carbocycles. The zero-order valence-corrected chi connectivity index (χ0v) is 18.5. The minimum absolute atomic E-state index is 0. The van der Waals surface area contributed by atoms with Crippen molar-refractivity contribution in [2.24, 2.45) is 0 Å². The minimum atomic E-state index is -0.959. The van der Waals surface area contributed by atoms with Gasteiger partial charge in [0.2, 0.25) is 0 Å². The van der Waals surface area contributed by atoms with Gasteiger partial charge >= 0.3 is 5.97 Å². The van der Waals surface area contributed by atoms with Crippen LogP contribution in [0.4, 0.5) is 0 Å². The van der Waals surface area contributed by atoms with Crippen molar-refractivity contribution < 1.29 is 36.3 Å². The number of ether oxygens (including phenoxy) is 2. The maximum Gasteiger partial charge on any atom is 0.329 e. The Bertz CT molecular complexity index is 677. The summed E-state index contributed by atoms with van der Waals surface area (Å²) in [4.78, 5) is 12.9. The molecule has 0 aliphatic rings. The molecular formula is C21H33ClN2O4. The van der Waals surface area contributed by atoms with Gasteiger partial charge in [0.25, 0.3) is 0 Å². The molecule has 0 bridgehead atoms. The smallest absolute Gasteiger partial charge is 0.329 e. The molecule has 0 fully saturated rings. The van der Waals surface area contributed by atoms with Crippen LogP contribution in [0.15, 0.2) is 18.2 Å². The summed E-state index contributed by atoms with van der Waals surface area (Å²) in [6, 6.07) is 6.27. The van der Waals surface area contributed by atoms with Gasteiger partial charge in [-0.15, -0.1) is 5.92 Å². The summed E-state index contributed by atoms with van der Waals surface area (Å²) in [5, 5.41) is 8.82. The van der Waals surface area contributed by atoms with E-state index in [1.54, 1.807) is 7.11 Å². The highest BCUT2D eigenvalue weighted by atomic mass is 35.5. The van der Waals surface area contributed by atoms with E-state index in [-0.39, 0.29) is 25.1 Å². The first kappa shape index (κ1) is 26.2. The Hall–Kier alpha value is -1.78. The van der Waals surface area contributed by atoms with E-state index in [9.17, 15) is 4.79 Å². The molecule has 6 nitrogen and oxygen atoms in total. The van der Waals surface area contributed by atoms with Crippen LogP contribution < -0.4 is 17.1 Å². The maximum absolute atomic E-state index is 10.8. The topological polar surface area (TPSA) is 59.0 Å². The van der Waals surface area contributed by atoms with Crippen LogP contribution in [0.3, 0.4) is 0 Å². The summed E-state index contributed by atoms with van der Waals surface area (Å²) >= 11 is 0. The molecule has 0 spiro atoms. The molecule has 0 aliphatic carbocycles. The van der Waals surface area contributed by atoms with Crippen LogP contribution in [0, 0.1) is 11.8 Å². The minimum Gasteiger partial charge on any atom is -1.00 e. The zero-order chi connectivity index (χ0) is 20.4. The molecule has 0 aliphatic heterocycles. The predicted octanol–water partition coefficient (Wildman–Crippen LogP) is -1.13. The first-order chi connectivity index (χ1) is 12.7. The number of nitrogens with zero attached hydrogens (tertiary/aromatic N) is 2. The molecule has 1 rings (SSSR count). The van der Waals surface area contributed by atoms with Crippen LogP contribution in [0.2, 0.25) is 0 Å². The first-order valence-corrected chi connectivity index (χ1v) is 9.02. The zero-order valence-electron chi connectivity index (χ0n) is 17.8. The fraction of sp³-hybridized carbons (Fsp3) is 0.571. The van der Waals surface area contributed by atoms with Crippen molar-refractivity contribution in [1.29, 1.82) is 0 Å². The van der Waals surface area contributed by atoms with Crippen LogP contribution in [0.5, 0.6) is 5.75 Å². The van der Waals surface area contributed by atoms with Gasteiger partial charge in [-0.25, -0.2) is 4.79 Å². The van der Waals surface area contributed by atoms with Crippen LogP contribution in [-0.4, -0.2) is 81.6 Å². The quantitative estimate of drug-likeness (QED) is 0.368. The number of quaternary nitrogens is 1. The Kier molecular flexibility index (Phi) is 11.8. The standard InChI is InChI=1S/C21H32N2O4.ClH/c1-7-8-11-22(2)19(15-27-16-21(24)25)13-17-9-10-20(26-6)18(12-17)14-23(3,4)5;/h9-10,12,19H,11,13-16H2,1-6H3;1H/t19-;/m0./s1. The van der Waals surface area contributed by atoms with Gasteiger partial charge in [0.1, 0.15) is 18.9 Å². The number of hydrogen-bond acceptors (Lipinski definition) is 4. The molecule has 1 N–H and O–H groups in total. The molecule has 0 saturated heterocycles. The molecule has 7 heteroatoms. The lowest BCUT2D eigenvalue weighted by molar-refractivity contribution is -0.884. The fourth-order valence-electron chi connectivity index (χ4n) is 2.82. The Morgan fingerprint density at radius 2 is 2.00 bits per heavy atom. The molecule has 0 amide bonds. The van der Waals surface area contributed by atoms with Crippen LogP contribution >= 0.6 is 0 Å². The van der Waals surface area contributed by atoms with Crippen molar-refractivity contribution in [3.05, 3.63) is 29.3 Å². The average molecular weight is 413 g/mol. The van der Waals surface area contributed by atoms with Crippen molar-refractivity contribution in [2.45, 2.75) is 25.9 Å². The Balaban J connectivity index is 0.00000729. The van der Waals surface area contributed by atoms with Gasteiger partial charge in [-0.2, -0.15) is 0 Å². The summed E-state index contributed by atoms with van der Waals surface area (Å²) < 4.78 is 11.7. The Morgan fingerprint density at radius 1 is 1.32 bits per heavy atom. The van der Waals surface area contributed by atoms with Gasteiger partial charge in [-0.1, -0.05) is 12.0 Å². The highest BCUT2D eigenvalue weighted by molar-refractivity contribution is 5.67. The molecule has 28 heavy (non-hydrogen) atoms. The van der Waals surface area contributed by atoms with E-state index in [1.165, 1.54) is 5.56 Å². The van der Waals surface area contributed by atoms with Crippen molar-refractivity contribution in [1.82, 2.24) is 4.90 Å². The van der Waals surface area contributed by atoms with Gasteiger partial charge in [-0.05, 0) is 38.1 Å². The number of carboxylic acids is 1. The first-order valence-electron chi connectivity index (χ1n) is 9.02. The number of likely N-dealkylation sites (N-methyl/N-ethyl adjacent to an activating group) is 1. The third-order valence-corrected chi connectivity index (χ3v) is 4.13. The molecule has 0 saturated carbocycles. The third-order valence-electron chi connectivity index (χ3n) is 4.13. The third kappa shape index (κ3) is 9.95. The number of carbonyl (C=O) groups is 1. The molecular weight excluding hydrogens is 380 g/mol. The second-order valence-electron chi connectivity index (χ2n) is 7.70. The molecule has 0 radical (unpaired) electrons. The monoisotopic (exact) mass is 412 g/mol. The van der Waals surface area contributed by atoms with Crippen LogP contribution in [-0.2, 0) is 22.5 Å². The number of halogens is 1. The fourth-order valence-corrected chi connectivity index (χ4v) is 2.82. The number of aliphatic carboxylic acids is 1. The maximum atomic E-state index is 10.8. The van der Waals surface area contributed by atoms with E-state index in [1.807, 2.05) is 20.0 Å². The normalized spacial score (nSPS) is 12.0.